The van der Waals surface area contributed by atoms with Gasteiger partial charge in [-0.1, -0.05) is 49.8 Å². The number of carbonyl (C=O) groups excluding carboxylic acids is 2. The topological polar surface area (TPSA) is 103 Å². The first-order valence-corrected chi connectivity index (χ1v) is 14.6. The van der Waals surface area contributed by atoms with Gasteiger partial charge in [0, 0.05) is 11.5 Å². The lowest BCUT2D eigenvalue weighted by atomic mass is 9.45. The van der Waals surface area contributed by atoms with Gasteiger partial charge in [-0.3, -0.25) is 0 Å². The summed E-state index contributed by atoms with van der Waals surface area (Å²) in [4.78, 5) is 36.3. The monoisotopic (exact) mass is 546 g/mol. The van der Waals surface area contributed by atoms with Crippen LogP contribution in [0, 0.1) is 22.7 Å². The van der Waals surface area contributed by atoms with Crippen molar-refractivity contribution in [2.45, 2.75) is 89.4 Å². The zero-order valence-corrected chi connectivity index (χ0v) is 23.3. The molecule has 3 fully saturated rings. The van der Waals surface area contributed by atoms with Crippen molar-refractivity contribution >= 4 is 11.9 Å². The van der Waals surface area contributed by atoms with Crippen LogP contribution in [0.3, 0.4) is 0 Å². The lowest BCUT2D eigenvalue weighted by molar-refractivity contribution is -0.180. The Hall–Kier alpha value is -3.19. The maximum Gasteiger partial charge on any atom is 0.418 e. The van der Waals surface area contributed by atoms with Crippen LogP contribution in [0.5, 0.6) is 0 Å². The van der Waals surface area contributed by atoms with E-state index in [-0.39, 0.29) is 34.9 Å². The SMILES string of the molecule is C[C@]12CC[C@H](OC(=O)C(=O)OCc3ccccc3)C=C1CC[C@@H]1[C@@H]2CC[C@]2(C)[C@@H](c3ccc(=O)oc3)CC[C@]12O. The molecule has 212 valence electrons. The van der Waals surface area contributed by atoms with E-state index >= 15 is 0 Å². The van der Waals surface area contributed by atoms with Crippen molar-refractivity contribution < 1.29 is 28.6 Å². The Morgan fingerprint density at radius 2 is 1.75 bits per heavy atom. The molecule has 7 heteroatoms. The maximum absolute atomic E-state index is 12.5. The standard InChI is InChI=1S/C33H38O7/c1-31-15-12-24(40-30(36)29(35)39-19-21-6-4-3-5-7-21)18-23(31)9-10-27-26(31)13-16-32(2)25(14-17-33(27,32)37)22-8-11-28(34)38-20-22/h3-8,11,18,20,24-27,37H,9-10,12-17,19H2,1-2H3/t24-,25+,26-,27+,31-,32+,33-/m0/s1. The fraction of sp³-hybridized carbons (Fsp3) is 0.545. The molecule has 1 heterocycles. The Labute approximate surface area is 234 Å². The number of ether oxygens (including phenoxy) is 2. The Kier molecular flexibility index (Phi) is 6.76. The summed E-state index contributed by atoms with van der Waals surface area (Å²) in [5.41, 5.74) is 1.61. The van der Waals surface area contributed by atoms with E-state index in [0.717, 1.165) is 56.1 Å². The average Bonchev–Trinajstić information content (AvgIpc) is 3.24. The van der Waals surface area contributed by atoms with Gasteiger partial charge in [-0.05, 0) is 97.8 Å². The summed E-state index contributed by atoms with van der Waals surface area (Å²) in [5, 5.41) is 12.4. The van der Waals surface area contributed by atoms with Gasteiger partial charge in [-0.25, -0.2) is 14.4 Å². The van der Waals surface area contributed by atoms with Gasteiger partial charge in [-0.15, -0.1) is 0 Å². The summed E-state index contributed by atoms with van der Waals surface area (Å²) in [6, 6.07) is 12.6. The normalized spacial score (nSPS) is 36.4. The van der Waals surface area contributed by atoms with Crippen molar-refractivity contribution in [3.05, 3.63) is 81.9 Å². The van der Waals surface area contributed by atoms with Gasteiger partial charge in [0.15, 0.2) is 0 Å². The first kappa shape index (κ1) is 27.0. The molecule has 0 aliphatic heterocycles. The van der Waals surface area contributed by atoms with E-state index in [1.54, 1.807) is 6.26 Å². The van der Waals surface area contributed by atoms with Crippen LogP contribution in [0.2, 0.25) is 0 Å². The van der Waals surface area contributed by atoms with Crippen LogP contribution < -0.4 is 5.63 Å². The first-order valence-electron chi connectivity index (χ1n) is 14.6. The summed E-state index contributed by atoms with van der Waals surface area (Å²) >= 11 is 0. The van der Waals surface area contributed by atoms with Crippen LogP contribution in [0.1, 0.15) is 82.3 Å². The van der Waals surface area contributed by atoms with Crippen molar-refractivity contribution in [2.24, 2.45) is 22.7 Å². The Morgan fingerprint density at radius 1 is 0.950 bits per heavy atom. The summed E-state index contributed by atoms with van der Waals surface area (Å²) < 4.78 is 15.9. The largest absolute Gasteiger partial charge is 0.452 e. The summed E-state index contributed by atoms with van der Waals surface area (Å²) in [7, 11) is 0. The number of rotatable bonds is 4. The Morgan fingerprint density at radius 3 is 2.50 bits per heavy atom. The molecule has 7 nitrogen and oxygen atoms in total. The fourth-order valence-electron chi connectivity index (χ4n) is 8.83. The minimum Gasteiger partial charge on any atom is -0.452 e. The highest BCUT2D eigenvalue weighted by Crippen LogP contribution is 2.70. The van der Waals surface area contributed by atoms with Gasteiger partial charge >= 0.3 is 17.6 Å². The Bertz CT molecular complexity index is 1360. The minimum atomic E-state index is -0.971. The van der Waals surface area contributed by atoms with Crippen molar-refractivity contribution in [1.29, 1.82) is 0 Å². The maximum atomic E-state index is 12.5. The molecule has 2 aromatic rings. The molecule has 0 amide bonds. The van der Waals surface area contributed by atoms with Gasteiger partial charge in [0.25, 0.3) is 0 Å². The fourth-order valence-corrected chi connectivity index (χ4v) is 8.83. The number of carbonyl (C=O) groups is 2. The highest BCUT2D eigenvalue weighted by atomic mass is 16.6. The van der Waals surface area contributed by atoms with Crippen molar-refractivity contribution in [1.82, 2.24) is 0 Å². The smallest absolute Gasteiger partial charge is 0.418 e. The molecule has 7 atom stereocenters. The van der Waals surface area contributed by atoms with Crippen LogP contribution in [0.15, 0.2) is 69.6 Å². The van der Waals surface area contributed by atoms with E-state index in [0.29, 0.717) is 12.3 Å². The highest BCUT2D eigenvalue weighted by molar-refractivity contribution is 6.29. The van der Waals surface area contributed by atoms with Gasteiger partial charge in [0.05, 0.1) is 11.9 Å². The molecule has 0 spiro atoms. The molecule has 0 unspecified atom stereocenters. The summed E-state index contributed by atoms with van der Waals surface area (Å²) in [5.74, 6) is -1.25. The van der Waals surface area contributed by atoms with E-state index in [9.17, 15) is 19.5 Å². The molecule has 4 aliphatic rings. The molecular weight excluding hydrogens is 508 g/mol. The quantitative estimate of drug-likeness (QED) is 0.309. The number of hydrogen-bond acceptors (Lipinski definition) is 7. The van der Waals surface area contributed by atoms with Crippen LogP contribution in [0.25, 0.3) is 0 Å². The van der Waals surface area contributed by atoms with Gasteiger partial charge in [0.2, 0.25) is 0 Å². The second kappa shape index (κ2) is 10.0. The third kappa shape index (κ3) is 4.33. The first-order chi connectivity index (χ1) is 19.1. The van der Waals surface area contributed by atoms with Crippen LogP contribution in [-0.2, 0) is 25.7 Å². The molecular formula is C33H38O7. The predicted octanol–water partition coefficient (Wildman–Crippen LogP) is 5.46. The highest BCUT2D eigenvalue weighted by Gasteiger charge is 2.66. The number of fused-ring (bicyclic) bond motifs is 5. The van der Waals surface area contributed by atoms with Gasteiger partial charge in [-0.2, -0.15) is 0 Å². The Balaban J connectivity index is 1.14. The molecule has 1 N–H and O–H groups in total. The minimum absolute atomic E-state index is 0.0308. The predicted molar refractivity (Wildman–Crippen MR) is 147 cm³/mol. The molecule has 0 radical (unpaired) electrons. The molecule has 0 saturated heterocycles. The zero-order valence-electron chi connectivity index (χ0n) is 23.3. The second-order valence-electron chi connectivity index (χ2n) is 12.8. The molecule has 1 aromatic heterocycles. The molecule has 40 heavy (non-hydrogen) atoms. The lowest BCUT2D eigenvalue weighted by Crippen LogP contribution is -2.60. The van der Waals surface area contributed by atoms with E-state index < -0.39 is 23.6 Å². The number of aliphatic hydroxyl groups is 1. The van der Waals surface area contributed by atoms with E-state index in [4.69, 9.17) is 13.9 Å². The number of benzene rings is 1. The number of allylic oxidation sites excluding steroid dienone is 1. The van der Waals surface area contributed by atoms with Gasteiger partial charge < -0.3 is 19.0 Å². The van der Waals surface area contributed by atoms with Gasteiger partial charge in [0.1, 0.15) is 12.7 Å². The third-order valence-corrected chi connectivity index (χ3v) is 11.0. The molecule has 6 rings (SSSR count). The zero-order chi connectivity index (χ0) is 28.1. The van der Waals surface area contributed by atoms with Crippen molar-refractivity contribution in [2.75, 3.05) is 0 Å². The van der Waals surface area contributed by atoms with Crippen molar-refractivity contribution in [3.63, 3.8) is 0 Å². The molecule has 1 aromatic carbocycles. The average molecular weight is 547 g/mol. The van der Waals surface area contributed by atoms with Crippen LogP contribution in [0.4, 0.5) is 0 Å². The molecule has 0 bridgehead atoms. The lowest BCUT2D eigenvalue weighted by Gasteiger charge is -2.61. The molecule has 3 saturated carbocycles. The second-order valence-corrected chi connectivity index (χ2v) is 12.8. The van der Waals surface area contributed by atoms with E-state index in [2.05, 4.69) is 19.9 Å². The van der Waals surface area contributed by atoms with Crippen LogP contribution >= 0.6 is 0 Å². The summed E-state index contributed by atoms with van der Waals surface area (Å²) in [6.45, 7) is 4.57. The summed E-state index contributed by atoms with van der Waals surface area (Å²) in [6.07, 6.45) is 9.95. The van der Waals surface area contributed by atoms with E-state index in [1.165, 1.54) is 11.6 Å². The van der Waals surface area contributed by atoms with Crippen molar-refractivity contribution in [3.8, 4) is 0 Å². The molecule has 4 aliphatic carbocycles. The number of hydrogen-bond donors (Lipinski definition) is 1. The van der Waals surface area contributed by atoms with E-state index in [1.807, 2.05) is 36.4 Å². The number of esters is 2. The van der Waals surface area contributed by atoms with Crippen LogP contribution in [-0.4, -0.2) is 28.8 Å². The third-order valence-electron chi connectivity index (χ3n) is 11.0.